The van der Waals surface area contributed by atoms with E-state index in [0.29, 0.717) is 0 Å². The average molecular weight is 1320 g/mol. The Morgan fingerprint density at radius 2 is 0.613 bits per heavy atom. The van der Waals surface area contributed by atoms with Gasteiger partial charge in [0, 0.05) is 54.9 Å². The number of rotatable bonds is 44. The molecule has 7 aromatic rings. The zero-order chi connectivity index (χ0) is 56.2. The molecule has 0 saturated carbocycles. The molecule has 0 spiro atoms. The summed E-state index contributed by atoms with van der Waals surface area (Å²) in [6.07, 6.45) is 32.2. The molecule has 12 heteroatoms. The van der Waals surface area contributed by atoms with Gasteiger partial charge in [-0.15, -0.1) is 0 Å². The van der Waals surface area contributed by atoms with E-state index in [9.17, 15) is 0 Å². The van der Waals surface area contributed by atoms with Gasteiger partial charge in [-0.2, -0.15) is 0 Å². The van der Waals surface area contributed by atoms with E-state index >= 15 is 0 Å². The van der Waals surface area contributed by atoms with Crippen LogP contribution in [-0.4, -0.2) is 73.2 Å². The van der Waals surface area contributed by atoms with Gasteiger partial charge in [0.05, 0.1) is 0 Å². The van der Waals surface area contributed by atoms with Gasteiger partial charge in [-0.25, -0.2) is 0 Å². The van der Waals surface area contributed by atoms with Crippen molar-refractivity contribution >= 4 is 101 Å². The van der Waals surface area contributed by atoms with E-state index < -0.39 is 18.4 Å². The van der Waals surface area contributed by atoms with Crippen molar-refractivity contribution in [3.8, 4) is 60.6 Å². The molecular weight excluding hydrogens is 1220 g/mol. The fourth-order valence-corrected chi connectivity index (χ4v) is 38.7. The first-order valence-corrected chi connectivity index (χ1v) is 44.3. The monoisotopic (exact) mass is 1320 g/mol. The van der Waals surface area contributed by atoms with E-state index in [1.807, 2.05) is 76.7 Å². The number of ether oxygens (including phenoxy) is 4. The molecule has 7 heterocycles. The van der Waals surface area contributed by atoms with Crippen molar-refractivity contribution in [1.29, 1.82) is 0 Å². The van der Waals surface area contributed by atoms with Crippen LogP contribution in [0.4, 0.5) is 0 Å². The Hall–Kier alpha value is -1.46. The van der Waals surface area contributed by atoms with Gasteiger partial charge in [0.25, 0.3) is 0 Å². The summed E-state index contributed by atoms with van der Waals surface area (Å²) in [5.41, 5.74) is 4.39. The van der Waals surface area contributed by atoms with Crippen molar-refractivity contribution in [3.05, 3.63) is 86.2 Å². The van der Waals surface area contributed by atoms with Crippen molar-refractivity contribution < 1.29 is 18.9 Å². The van der Waals surface area contributed by atoms with Crippen molar-refractivity contribution in [3.63, 3.8) is 0 Å². The second kappa shape index (κ2) is 37.2. The van der Waals surface area contributed by atoms with Gasteiger partial charge in [-0.05, 0) is 25.7 Å². The Balaban J connectivity index is 1.35. The van der Waals surface area contributed by atoms with Gasteiger partial charge in [-0.1, -0.05) is 25.7 Å². The van der Waals surface area contributed by atoms with Gasteiger partial charge in [0.15, 0.2) is 0 Å². The number of methoxy groups -OCH3 is 4. The summed E-state index contributed by atoms with van der Waals surface area (Å²) in [4.78, 5) is 19.2. The van der Waals surface area contributed by atoms with Crippen LogP contribution in [-0.2, 0) is 44.6 Å². The van der Waals surface area contributed by atoms with Crippen LogP contribution < -0.4 is 2.89 Å². The average Bonchev–Trinajstić information content (AvgIpc) is 4.37. The molecule has 0 N–H and O–H groups in total. The standard InChI is InChI=1S/C56H71O4S7.3C4H9.Sn/c1-57-34-17-9-5-13-21-41-25-29-48(62-41)46-39-52(66-55(46)50-31-27-43(64-50)23-15-7-11-19-36-59-3)45-33-38-61-54(45)53-40-47(49-30-26-42(63-49)22-14-6-10-18-35-58-2)56(67-53)51-32-28-44(65-51)24-16-8-12-20-37-60-4;3*1-3-4-2;/h25-33,39-40H,5-24,34-37H2,1-4H3;3*1,3-4H2,2H3;. The van der Waals surface area contributed by atoms with Crippen LogP contribution >= 0.6 is 79.4 Å². The van der Waals surface area contributed by atoms with Crippen LogP contribution in [0.1, 0.15) is 182 Å². The molecule has 0 fully saturated rings. The molecule has 7 aromatic heterocycles. The Morgan fingerprint density at radius 1 is 0.300 bits per heavy atom. The predicted molar refractivity (Wildman–Crippen MR) is 365 cm³/mol. The molecule has 0 atom stereocenters. The third-order valence-electron chi connectivity index (χ3n) is 15.9. The maximum atomic E-state index is 5.36. The molecule has 440 valence electrons. The SMILES string of the molecule is CCC[CH2][Sn]([CH2]CCC)([CH2]CCC)[c]1cc(-c2cc(-c3ccc(CCCCCCOC)s3)c(-c3ccc(CCCCCCOC)s3)s2)c(-c2cc(-c3ccc(CCCCCCOC)s3)c(-c3ccc(CCCCCCOC)s3)s2)s1. The van der Waals surface area contributed by atoms with Crippen LogP contribution in [0.2, 0.25) is 13.3 Å². The van der Waals surface area contributed by atoms with Crippen molar-refractivity contribution in [1.82, 2.24) is 0 Å². The van der Waals surface area contributed by atoms with E-state index in [1.54, 1.807) is 0 Å². The zero-order valence-corrected chi connectivity index (χ0v) is 58.7. The summed E-state index contributed by atoms with van der Waals surface area (Å²) in [6.45, 7) is 10.8. The third kappa shape index (κ3) is 20.1. The Kier molecular flexibility index (Phi) is 30.7. The molecule has 80 heavy (non-hydrogen) atoms. The van der Waals surface area contributed by atoms with Crippen molar-refractivity contribution in [2.24, 2.45) is 0 Å². The van der Waals surface area contributed by atoms with Gasteiger partial charge >= 0.3 is 397 Å². The molecule has 0 bridgehead atoms. The summed E-state index contributed by atoms with van der Waals surface area (Å²) >= 11 is 11.7. The molecule has 0 saturated heterocycles. The minimum atomic E-state index is -2.90. The second-order valence-electron chi connectivity index (χ2n) is 22.3. The number of hydrogen-bond donors (Lipinski definition) is 0. The predicted octanol–water partition coefficient (Wildman–Crippen LogP) is 23.2. The van der Waals surface area contributed by atoms with E-state index in [2.05, 4.69) is 122 Å². The topological polar surface area (TPSA) is 36.9 Å². The summed E-state index contributed by atoms with van der Waals surface area (Å²) in [5, 5.41) is 0. The molecule has 0 unspecified atom stereocenters. The molecule has 0 aliphatic heterocycles. The first kappa shape index (κ1) is 66.1. The van der Waals surface area contributed by atoms with Crippen LogP contribution in [0.5, 0.6) is 0 Å². The normalized spacial score (nSPS) is 12.0. The zero-order valence-electron chi connectivity index (χ0n) is 50.2. The first-order chi connectivity index (χ1) is 39.4. The molecule has 0 aromatic carbocycles. The van der Waals surface area contributed by atoms with Crippen molar-refractivity contribution in [2.75, 3.05) is 54.9 Å². The number of hydrogen-bond acceptors (Lipinski definition) is 11. The molecule has 0 amide bonds. The molecular formula is C68H98O4S7Sn. The molecule has 0 aliphatic rings. The van der Waals surface area contributed by atoms with E-state index in [4.69, 9.17) is 18.9 Å². The van der Waals surface area contributed by atoms with Crippen LogP contribution in [0.3, 0.4) is 0 Å². The fourth-order valence-electron chi connectivity index (χ4n) is 11.2. The summed E-state index contributed by atoms with van der Waals surface area (Å²) in [6, 6.07) is 27.8. The Bertz CT molecular complexity index is 2430. The second-order valence-corrected chi connectivity index (χ2v) is 44.3. The van der Waals surface area contributed by atoms with Gasteiger partial charge in [0.1, 0.15) is 0 Å². The van der Waals surface area contributed by atoms with Gasteiger partial charge < -0.3 is 18.9 Å². The van der Waals surface area contributed by atoms with E-state index in [0.717, 1.165) is 77.8 Å². The Labute approximate surface area is 517 Å². The third-order valence-corrected chi connectivity index (χ3v) is 42.8. The maximum absolute atomic E-state index is 5.36. The molecule has 0 radical (unpaired) electrons. The van der Waals surface area contributed by atoms with Gasteiger partial charge in [-0.3, -0.25) is 0 Å². The van der Waals surface area contributed by atoms with Crippen LogP contribution in [0, 0.1) is 0 Å². The number of thiophene rings is 7. The Morgan fingerprint density at radius 3 is 0.988 bits per heavy atom. The summed E-state index contributed by atoms with van der Waals surface area (Å²) in [5.74, 6) is 0. The number of unbranched alkanes of at least 4 members (excludes halogenated alkanes) is 15. The number of aryl methyl sites for hydroxylation is 4. The molecule has 4 nitrogen and oxygen atoms in total. The molecule has 7 rings (SSSR count). The summed E-state index contributed by atoms with van der Waals surface area (Å²) in [7, 11) is 7.29. The molecule has 0 aliphatic carbocycles. The van der Waals surface area contributed by atoms with E-state index in [-0.39, 0.29) is 0 Å². The first-order valence-electron chi connectivity index (χ1n) is 31.1. The van der Waals surface area contributed by atoms with E-state index in [1.165, 1.54) is 209 Å². The van der Waals surface area contributed by atoms with Gasteiger partial charge in [0.2, 0.25) is 0 Å². The van der Waals surface area contributed by atoms with Crippen molar-refractivity contribution in [2.45, 2.75) is 201 Å². The summed E-state index contributed by atoms with van der Waals surface area (Å²) < 4.78 is 27.7. The van der Waals surface area contributed by atoms with Crippen LogP contribution in [0.25, 0.3) is 60.6 Å². The minimum absolute atomic E-state index is 0.867. The van der Waals surface area contributed by atoms with Crippen LogP contribution in [0.15, 0.2) is 66.7 Å². The quantitative estimate of drug-likeness (QED) is 0.0282. The fraction of sp³-hybridized carbons (Fsp3) is 0.588.